The summed E-state index contributed by atoms with van der Waals surface area (Å²) in [5, 5.41) is 23.4. The number of halogens is 3. The van der Waals surface area contributed by atoms with Gasteiger partial charge >= 0.3 is 36.7 Å². The Balaban J connectivity index is 0.000000396. The van der Waals surface area contributed by atoms with Gasteiger partial charge in [0.15, 0.2) is 0 Å². The second kappa shape index (κ2) is 53.7. The van der Waals surface area contributed by atoms with Crippen LogP contribution < -0.4 is 38.1 Å². The number of benzene rings is 4. The van der Waals surface area contributed by atoms with E-state index in [-0.39, 0.29) is 97.6 Å². The molecule has 0 aliphatic heterocycles. The van der Waals surface area contributed by atoms with Crippen LogP contribution >= 0.6 is 37.2 Å². The number of rotatable bonds is 17. The monoisotopic (exact) mass is 1800 g/mol. The number of aliphatic hydroxyl groups is 1. The van der Waals surface area contributed by atoms with E-state index in [1.807, 2.05) is 130 Å². The van der Waals surface area contributed by atoms with Crippen LogP contribution in [0.1, 0.15) is 275 Å². The molecule has 0 spiro atoms. The van der Waals surface area contributed by atoms with Crippen LogP contribution in [0.3, 0.4) is 0 Å². The second-order valence-corrected chi connectivity index (χ2v) is 39.3. The summed E-state index contributed by atoms with van der Waals surface area (Å²) in [7, 11) is 1.00. The van der Waals surface area contributed by atoms with Crippen molar-refractivity contribution in [1.82, 2.24) is 31.5 Å². The van der Waals surface area contributed by atoms with Gasteiger partial charge in [0.1, 0.15) is 39.4 Å². The van der Waals surface area contributed by atoms with Gasteiger partial charge in [-0.15, -0.1) is 37.2 Å². The zero-order valence-electron chi connectivity index (χ0n) is 78.0. The summed E-state index contributed by atoms with van der Waals surface area (Å²) in [5.74, 6) is 2.65. The maximum atomic E-state index is 13.2. The molecule has 10 N–H and O–H groups in total. The molecule has 8 saturated carbocycles. The number of hydrogen-bond donors (Lipinski definition) is 8. The van der Waals surface area contributed by atoms with E-state index >= 15 is 0 Å². The summed E-state index contributed by atoms with van der Waals surface area (Å²) >= 11 is 0. The molecule has 8 aliphatic rings. The molecule has 4 aromatic carbocycles. The van der Waals surface area contributed by atoms with E-state index in [0.717, 1.165) is 90.1 Å². The van der Waals surface area contributed by atoms with Crippen molar-refractivity contribution >= 4 is 104 Å². The van der Waals surface area contributed by atoms with Crippen molar-refractivity contribution in [1.29, 1.82) is 0 Å². The molecule has 26 heteroatoms. The molecule has 125 heavy (non-hydrogen) atoms. The quantitative estimate of drug-likeness (QED) is 0.0277. The molecule has 0 radical (unpaired) electrons. The van der Waals surface area contributed by atoms with E-state index in [1.54, 1.807) is 41.5 Å². The number of hydrogen-bond acceptors (Lipinski definition) is 19. The number of nitrogens with two attached hydrogens (primary N) is 2. The molecule has 0 bridgehead atoms. The lowest BCUT2D eigenvalue weighted by atomic mass is 9.90. The predicted octanol–water partition coefficient (Wildman–Crippen LogP) is 21.4. The maximum Gasteiger partial charge on any atom is 0.519 e. The van der Waals surface area contributed by atoms with E-state index in [4.69, 9.17) is 45.0 Å². The lowest BCUT2D eigenvalue weighted by Gasteiger charge is -2.38. The summed E-state index contributed by atoms with van der Waals surface area (Å²) in [6, 6.07) is 45.8. The molecule has 4 aromatic rings. The number of carbonyl (C=O) groups is 7. The van der Waals surface area contributed by atoms with Gasteiger partial charge in [0.05, 0.1) is 0 Å². The third kappa shape index (κ3) is 49.8. The first kappa shape index (κ1) is 111. The van der Waals surface area contributed by atoms with Gasteiger partial charge in [0.2, 0.25) is 0 Å². The van der Waals surface area contributed by atoms with Gasteiger partial charge in [-0.1, -0.05) is 170 Å². The number of nitrogens with zero attached hydrogens (tertiary/aromatic N) is 1. The van der Waals surface area contributed by atoms with Crippen molar-refractivity contribution in [2.45, 2.75) is 353 Å². The van der Waals surface area contributed by atoms with Crippen molar-refractivity contribution in [3.63, 3.8) is 0 Å². The summed E-state index contributed by atoms with van der Waals surface area (Å²) in [6.45, 7) is 32.5. The largest absolute Gasteiger partial charge is 0.519 e. The topological polar surface area (TPSA) is 320 Å². The SMILES string of the molecule is CC(C)(C)OC(=O)NC1CCC(=O)CC1.CC(C)(C)OC(=O)NC1CCC(N(C(=O)OC(C)(C)C)C2CC2/C=C/c2ccccc2)CC1.CC(C)(C)OC(=O)NC1CCC(NC2CC2/C=C/c2ccccc2)CC1.CC(C)(C)OC(=O)OC(=O)OC(C)(C)C.CO.Cl.Cl.Cl.NC1CC1/C=C/c1ccccc1.NC1CCC(NC2CC2/C=C/c2ccccc2)CC1. The standard InChI is InChI=1S/C27H40N2O4.C22H32N2O2.C17H24N2.C11H19NO3.C11H13N.C10H18O5.CH4O.3ClH/c1-26(2,3)32-24(30)28-21-14-16-22(17-15-21)29(25(31)33-27(4,5)6)23-18-20(23)13-12-19-10-8-7-9-11-19;1-22(2,3)26-21(25)24-19-13-11-18(12-14-19)23-20-15-17(20)10-9-16-7-5-4-6-8-16;18-15-8-10-16(11-9-15)19-17-12-14(17)7-6-13-4-2-1-3-5-13;1-11(2,3)15-10(14)12-8-4-6-9(13)7-5-8;12-11-8-10(11)7-6-9-4-2-1-3-5-9;1-9(2,3)14-7(11)13-8(12)15-10(4,5)6;1-2;;;/h7-13,20-23H,14-18H2,1-6H3,(H,28,30);4-10,17-20,23H,11-15H2,1-3H3,(H,24,25);1-7,14-17,19H,8-12,18H2;8H,4-7H2,1-3H3,(H,12,14);1-7,10-11H,8,12H2;1-6H3;2H,1H3;3*1H/b13-12+;10-9+;7-6+;;7-6+;;;;;. The molecular formula is C99H153Cl3N8O15. The normalized spacial score (nSPS) is 24.3. The highest BCUT2D eigenvalue weighted by Crippen LogP contribution is 2.43. The Morgan fingerprint density at radius 2 is 0.640 bits per heavy atom. The Morgan fingerprint density at radius 3 is 0.952 bits per heavy atom. The molecule has 23 nitrogen and oxygen atoms in total. The smallest absolute Gasteiger partial charge is 0.444 e. The summed E-state index contributed by atoms with van der Waals surface area (Å²) in [5.41, 5.74) is 13.3. The predicted molar refractivity (Wildman–Crippen MR) is 509 cm³/mol. The number of amides is 4. The van der Waals surface area contributed by atoms with Crippen LogP contribution in [0.4, 0.5) is 28.8 Å². The maximum absolute atomic E-state index is 13.2. The highest BCUT2D eigenvalue weighted by Gasteiger charge is 2.48. The highest BCUT2D eigenvalue weighted by atomic mass is 35.5. The lowest BCUT2D eigenvalue weighted by Crippen LogP contribution is -2.49. The molecule has 8 fully saturated rings. The third-order valence-electron chi connectivity index (χ3n) is 20.8. The fourth-order valence-electron chi connectivity index (χ4n) is 14.4. The number of alkyl carbamates (subject to hydrolysis) is 3. The van der Waals surface area contributed by atoms with Crippen LogP contribution in [-0.4, -0.2) is 160 Å². The number of ketones is 1. The Labute approximate surface area is 766 Å². The van der Waals surface area contributed by atoms with Crippen LogP contribution in [0.15, 0.2) is 146 Å². The van der Waals surface area contributed by atoms with Crippen LogP contribution in [0.2, 0.25) is 0 Å². The average molecular weight is 1800 g/mol. The first-order valence-corrected chi connectivity index (χ1v) is 44.4. The van der Waals surface area contributed by atoms with Crippen LogP contribution in [0.25, 0.3) is 24.3 Å². The molecule has 0 aromatic heterocycles. The Bertz CT molecular complexity index is 3890. The molecule has 8 atom stereocenters. The minimum Gasteiger partial charge on any atom is -0.444 e. The summed E-state index contributed by atoms with van der Waals surface area (Å²) in [6.07, 6.45) is 34.2. The number of nitrogens with one attached hydrogen (secondary N) is 5. The molecule has 700 valence electrons. The Hall–Kier alpha value is -8.00. The molecule has 12 rings (SSSR count). The van der Waals surface area contributed by atoms with Gasteiger partial charge < -0.3 is 81.2 Å². The zero-order chi connectivity index (χ0) is 90.0. The molecular weight excluding hydrogens is 1650 g/mol. The van der Waals surface area contributed by atoms with Crippen LogP contribution in [0.5, 0.6) is 0 Å². The van der Waals surface area contributed by atoms with E-state index in [1.165, 1.54) is 60.8 Å². The summed E-state index contributed by atoms with van der Waals surface area (Å²) < 4.78 is 35.5. The van der Waals surface area contributed by atoms with Crippen molar-refractivity contribution in [2.75, 3.05) is 7.11 Å². The van der Waals surface area contributed by atoms with Gasteiger partial charge in [-0.3, -0.25) is 4.79 Å². The molecule has 8 aliphatic carbocycles. The molecule has 0 saturated heterocycles. The van der Waals surface area contributed by atoms with Gasteiger partial charge in [-0.2, -0.15) is 0 Å². The first-order valence-electron chi connectivity index (χ1n) is 44.4. The van der Waals surface area contributed by atoms with E-state index < -0.39 is 45.9 Å². The lowest BCUT2D eigenvalue weighted by molar-refractivity contribution is -0.120. The first-order chi connectivity index (χ1) is 57.3. The number of Topliss-reactive ketones (excluding diaryl/α,β-unsaturated/α-hetero) is 1. The molecule has 0 heterocycles. The van der Waals surface area contributed by atoms with Gasteiger partial charge in [0.25, 0.3) is 0 Å². The fourth-order valence-corrected chi connectivity index (χ4v) is 14.4. The van der Waals surface area contributed by atoms with E-state index in [2.05, 4.69) is 159 Å². The van der Waals surface area contributed by atoms with Crippen LogP contribution in [-0.2, 0) is 38.0 Å². The second-order valence-electron chi connectivity index (χ2n) is 39.3. The zero-order valence-corrected chi connectivity index (χ0v) is 80.4. The van der Waals surface area contributed by atoms with Crippen molar-refractivity contribution in [3.05, 3.63) is 168 Å². The minimum absolute atomic E-state index is 0. The van der Waals surface area contributed by atoms with Gasteiger partial charge in [-0.05, 0) is 286 Å². The summed E-state index contributed by atoms with van der Waals surface area (Å²) in [4.78, 5) is 83.5. The highest BCUT2D eigenvalue weighted by molar-refractivity contribution is 5.86. The number of aliphatic hydroxyl groups excluding tert-OH is 1. The Morgan fingerprint density at radius 1 is 0.360 bits per heavy atom. The van der Waals surface area contributed by atoms with Crippen molar-refractivity contribution in [3.8, 4) is 0 Å². The third-order valence-corrected chi connectivity index (χ3v) is 20.8. The van der Waals surface area contributed by atoms with E-state index in [9.17, 15) is 33.6 Å². The molecule has 8 unspecified atom stereocenters. The number of ether oxygens (including phenoxy) is 7. The van der Waals surface area contributed by atoms with Crippen LogP contribution in [0, 0.1) is 23.7 Å². The van der Waals surface area contributed by atoms with E-state index in [0.29, 0.717) is 66.8 Å². The minimum atomic E-state index is -1.06. The van der Waals surface area contributed by atoms with Crippen molar-refractivity contribution in [2.24, 2.45) is 35.1 Å². The molecule has 4 amide bonds. The van der Waals surface area contributed by atoms with Crippen molar-refractivity contribution < 1.29 is 71.8 Å². The average Bonchev–Trinajstić information content (AvgIpc) is 1.63. The Kier molecular flexibility index (Phi) is 47.8. The van der Waals surface area contributed by atoms with Gasteiger partial charge in [-0.25, -0.2) is 28.8 Å². The number of carbonyl (C=O) groups excluding carboxylic acids is 7. The fraction of sp³-hybridized carbons (Fsp3) is 0.606. The van der Waals surface area contributed by atoms with Gasteiger partial charge in [0, 0.05) is 86.4 Å².